The van der Waals surface area contributed by atoms with E-state index >= 15 is 0 Å². The van der Waals surface area contributed by atoms with E-state index in [4.69, 9.17) is 23.2 Å². The van der Waals surface area contributed by atoms with Crippen molar-refractivity contribution in [2.45, 2.75) is 0 Å². The molecule has 138 valence electrons. The van der Waals surface area contributed by atoms with Crippen LogP contribution in [0.25, 0.3) is 33.9 Å². The lowest BCUT2D eigenvalue weighted by atomic mass is 10.1. The van der Waals surface area contributed by atoms with E-state index in [0.717, 1.165) is 5.56 Å². The van der Waals surface area contributed by atoms with Crippen molar-refractivity contribution in [3.8, 4) is 33.9 Å². The molecule has 4 rings (SSSR count). The highest BCUT2D eigenvalue weighted by Crippen LogP contribution is 2.40. The molecule has 0 radical (unpaired) electrons. The normalized spacial score (nSPS) is 10.8. The molecule has 0 amide bonds. The Morgan fingerprint density at radius 1 is 0.857 bits per heavy atom. The Labute approximate surface area is 170 Å². The van der Waals surface area contributed by atoms with Crippen LogP contribution in [-0.4, -0.2) is 14.9 Å². The van der Waals surface area contributed by atoms with Crippen molar-refractivity contribution in [1.29, 1.82) is 0 Å². The Morgan fingerprint density at radius 2 is 1.54 bits per heavy atom. The zero-order chi connectivity index (χ0) is 19.7. The number of nitrogens with zero attached hydrogens (tertiary/aromatic N) is 2. The quantitative estimate of drug-likeness (QED) is 0.303. The first kappa shape index (κ1) is 18.2. The molecule has 0 unspecified atom stereocenters. The summed E-state index contributed by atoms with van der Waals surface area (Å²) in [6, 6.07) is 21.3. The molecule has 0 aliphatic carbocycles. The molecule has 0 saturated heterocycles. The lowest BCUT2D eigenvalue weighted by Crippen LogP contribution is -1.92. The number of hydrogen-bond donors (Lipinski definition) is 1. The smallest absolute Gasteiger partial charge is 0.280 e. The van der Waals surface area contributed by atoms with E-state index in [1.54, 1.807) is 30.3 Å². The molecule has 1 heterocycles. The van der Waals surface area contributed by atoms with E-state index in [-0.39, 0.29) is 5.69 Å². The first-order valence-corrected chi connectivity index (χ1v) is 9.15. The molecule has 4 aromatic rings. The van der Waals surface area contributed by atoms with Gasteiger partial charge in [-0.1, -0.05) is 77.8 Å². The highest BCUT2D eigenvalue weighted by Gasteiger charge is 2.22. The fraction of sp³-hybridized carbons (Fsp3) is 0. The summed E-state index contributed by atoms with van der Waals surface area (Å²) in [6.07, 6.45) is 0. The molecule has 5 nitrogen and oxygen atoms in total. The van der Waals surface area contributed by atoms with Crippen LogP contribution in [0.15, 0.2) is 72.8 Å². The molecular formula is C21H13Cl2N3O2. The molecular weight excluding hydrogens is 397 g/mol. The van der Waals surface area contributed by atoms with Gasteiger partial charge < -0.3 is 4.98 Å². The SMILES string of the molecule is O=[N+]([O-])c1ccccc1-c1nc(-c2ccccc2)c(-c2cccc(Cl)c2Cl)[nH]1. The minimum absolute atomic E-state index is 0.0281. The van der Waals surface area contributed by atoms with E-state index in [0.29, 0.717) is 38.4 Å². The van der Waals surface area contributed by atoms with Gasteiger partial charge >= 0.3 is 0 Å². The largest absolute Gasteiger partial charge is 0.337 e. The van der Waals surface area contributed by atoms with Crippen LogP contribution in [-0.2, 0) is 0 Å². The molecule has 0 bridgehead atoms. The maximum Gasteiger partial charge on any atom is 0.280 e. The molecule has 0 spiro atoms. The van der Waals surface area contributed by atoms with Gasteiger partial charge in [-0.15, -0.1) is 0 Å². The predicted molar refractivity (Wildman–Crippen MR) is 112 cm³/mol. The number of H-pyrrole nitrogens is 1. The zero-order valence-electron chi connectivity index (χ0n) is 14.4. The van der Waals surface area contributed by atoms with Crippen LogP contribution in [0.3, 0.4) is 0 Å². The molecule has 1 N–H and O–H groups in total. The first-order chi connectivity index (χ1) is 13.6. The van der Waals surface area contributed by atoms with Crippen molar-refractivity contribution >= 4 is 28.9 Å². The molecule has 0 aliphatic rings. The van der Waals surface area contributed by atoms with Crippen LogP contribution in [0.2, 0.25) is 10.0 Å². The molecule has 3 aromatic carbocycles. The standard InChI is InChI=1S/C21H13Cl2N3O2/c22-16-11-6-10-15(18(16)23)20-19(13-7-2-1-3-8-13)24-21(25-20)14-9-4-5-12-17(14)26(27)28/h1-12H,(H,24,25). The molecule has 0 fully saturated rings. The number of nitro benzene ring substituents is 1. The van der Waals surface area contributed by atoms with Crippen molar-refractivity contribution in [1.82, 2.24) is 9.97 Å². The average molecular weight is 410 g/mol. The number of nitro groups is 1. The van der Waals surface area contributed by atoms with Crippen molar-refractivity contribution in [2.24, 2.45) is 0 Å². The highest BCUT2D eigenvalue weighted by atomic mass is 35.5. The van der Waals surface area contributed by atoms with Crippen LogP contribution < -0.4 is 0 Å². The van der Waals surface area contributed by atoms with Gasteiger partial charge in [-0.2, -0.15) is 0 Å². The van der Waals surface area contributed by atoms with Gasteiger partial charge in [0.25, 0.3) is 5.69 Å². The molecule has 1 aromatic heterocycles. The summed E-state index contributed by atoms with van der Waals surface area (Å²) < 4.78 is 0. The topological polar surface area (TPSA) is 71.8 Å². The van der Waals surface area contributed by atoms with E-state index in [2.05, 4.69) is 9.97 Å². The van der Waals surface area contributed by atoms with Crippen LogP contribution in [0.5, 0.6) is 0 Å². The molecule has 0 aliphatic heterocycles. The Balaban J connectivity index is 1.99. The van der Waals surface area contributed by atoms with Crippen LogP contribution in [0.1, 0.15) is 0 Å². The predicted octanol–water partition coefficient (Wildman–Crippen LogP) is 6.63. The first-order valence-electron chi connectivity index (χ1n) is 8.40. The summed E-state index contributed by atoms with van der Waals surface area (Å²) >= 11 is 12.6. The van der Waals surface area contributed by atoms with Crippen molar-refractivity contribution < 1.29 is 4.92 Å². The fourth-order valence-corrected chi connectivity index (χ4v) is 3.43. The number of rotatable bonds is 4. The Morgan fingerprint density at radius 3 is 2.29 bits per heavy atom. The Bertz CT molecular complexity index is 1170. The summed E-state index contributed by atoms with van der Waals surface area (Å²) in [6.45, 7) is 0. The Hall–Kier alpha value is -3.15. The lowest BCUT2D eigenvalue weighted by Gasteiger charge is -2.06. The number of benzene rings is 3. The minimum Gasteiger partial charge on any atom is -0.337 e. The number of hydrogen-bond acceptors (Lipinski definition) is 3. The number of aromatic nitrogens is 2. The molecule has 7 heteroatoms. The van der Waals surface area contributed by atoms with Crippen LogP contribution in [0.4, 0.5) is 5.69 Å². The van der Waals surface area contributed by atoms with E-state index in [1.807, 2.05) is 36.4 Å². The minimum atomic E-state index is -0.425. The zero-order valence-corrected chi connectivity index (χ0v) is 15.9. The molecule has 0 saturated carbocycles. The van der Waals surface area contributed by atoms with Gasteiger partial charge in [-0.05, 0) is 12.1 Å². The monoisotopic (exact) mass is 409 g/mol. The van der Waals surface area contributed by atoms with E-state index in [1.165, 1.54) is 6.07 Å². The van der Waals surface area contributed by atoms with Gasteiger partial charge in [-0.3, -0.25) is 10.1 Å². The van der Waals surface area contributed by atoms with Crippen molar-refractivity contribution in [2.75, 3.05) is 0 Å². The van der Waals surface area contributed by atoms with Gasteiger partial charge in [-0.25, -0.2) is 4.98 Å². The lowest BCUT2D eigenvalue weighted by molar-refractivity contribution is -0.384. The maximum absolute atomic E-state index is 11.5. The third-order valence-corrected chi connectivity index (χ3v) is 5.15. The highest BCUT2D eigenvalue weighted by molar-refractivity contribution is 6.43. The number of halogens is 2. The summed E-state index contributed by atoms with van der Waals surface area (Å²) in [5.41, 5.74) is 3.18. The maximum atomic E-state index is 11.5. The third-order valence-electron chi connectivity index (χ3n) is 4.33. The number of aromatic amines is 1. The summed E-state index contributed by atoms with van der Waals surface area (Å²) in [5, 5.41) is 12.3. The van der Waals surface area contributed by atoms with Crippen molar-refractivity contribution in [3.63, 3.8) is 0 Å². The fourth-order valence-electron chi connectivity index (χ4n) is 3.03. The van der Waals surface area contributed by atoms with Gasteiger partial charge in [0.15, 0.2) is 0 Å². The van der Waals surface area contributed by atoms with Gasteiger partial charge in [0.1, 0.15) is 5.82 Å². The van der Waals surface area contributed by atoms with Gasteiger partial charge in [0.2, 0.25) is 0 Å². The number of para-hydroxylation sites is 1. The van der Waals surface area contributed by atoms with E-state index < -0.39 is 4.92 Å². The second kappa shape index (κ2) is 7.46. The second-order valence-electron chi connectivity index (χ2n) is 6.05. The summed E-state index contributed by atoms with van der Waals surface area (Å²) in [5.74, 6) is 0.386. The molecule has 0 atom stereocenters. The van der Waals surface area contributed by atoms with Crippen LogP contribution in [0, 0.1) is 10.1 Å². The van der Waals surface area contributed by atoms with Gasteiger partial charge in [0, 0.05) is 17.2 Å². The average Bonchev–Trinajstić information content (AvgIpc) is 3.16. The van der Waals surface area contributed by atoms with Crippen LogP contribution >= 0.6 is 23.2 Å². The summed E-state index contributed by atoms with van der Waals surface area (Å²) in [7, 11) is 0. The van der Waals surface area contributed by atoms with E-state index in [9.17, 15) is 10.1 Å². The third kappa shape index (κ3) is 3.26. The number of imidazole rings is 1. The second-order valence-corrected chi connectivity index (χ2v) is 6.84. The Kier molecular flexibility index (Phi) is 4.86. The van der Waals surface area contributed by atoms with Gasteiger partial charge in [0.05, 0.1) is 31.9 Å². The number of nitrogens with one attached hydrogen (secondary N) is 1. The van der Waals surface area contributed by atoms with Crippen molar-refractivity contribution in [3.05, 3.63) is 93.0 Å². The summed E-state index contributed by atoms with van der Waals surface area (Å²) in [4.78, 5) is 18.9. The molecule has 28 heavy (non-hydrogen) atoms.